The SMILES string of the molecule is O=C(O)CC[C@H]1CCCCN1C(=O)CN1CSCC1=O. The Hall–Kier alpha value is -1.24. The number of hydrogen-bond acceptors (Lipinski definition) is 4. The second-order valence-electron chi connectivity index (χ2n) is 5.24. The van der Waals surface area contributed by atoms with Crippen molar-refractivity contribution in [3.05, 3.63) is 0 Å². The monoisotopic (exact) mass is 300 g/mol. The van der Waals surface area contributed by atoms with Crippen LogP contribution in [0.2, 0.25) is 0 Å². The van der Waals surface area contributed by atoms with Crippen molar-refractivity contribution in [3.63, 3.8) is 0 Å². The summed E-state index contributed by atoms with van der Waals surface area (Å²) in [4.78, 5) is 37.9. The number of carbonyl (C=O) groups excluding carboxylic acids is 2. The molecular formula is C13H20N2O4S. The van der Waals surface area contributed by atoms with E-state index in [1.807, 2.05) is 0 Å². The first-order valence-corrected chi connectivity index (χ1v) is 8.10. The third-order valence-electron chi connectivity index (χ3n) is 3.79. The average Bonchev–Trinajstić information content (AvgIpc) is 2.82. The van der Waals surface area contributed by atoms with Gasteiger partial charge in [0.2, 0.25) is 11.8 Å². The summed E-state index contributed by atoms with van der Waals surface area (Å²) >= 11 is 1.52. The Bertz CT molecular complexity index is 402. The van der Waals surface area contributed by atoms with Gasteiger partial charge in [0.25, 0.3) is 0 Å². The molecular weight excluding hydrogens is 280 g/mol. The number of thioether (sulfide) groups is 1. The van der Waals surface area contributed by atoms with Crippen molar-refractivity contribution < 1.29 is 19.5 Å². The highest BCUT2D eigenvalue weighted by Gasteiger charge is 2.30. The van der Waals surface area contributed by atoms with E-state index >= 15 is 0 Å². The van der Waals surface area contributed by atoms with Crippen LogP contribution >= 0.6 is 11.8 Å². The molecule has 2 fully saturated rings. The molecule has 2 heterocycles. The summed E-state index contributed by atoms with van der Waals surface area (Å²) in [5, 5.41) is 8.77. The van der Waals surface area contributed by atoms with E-state index < -0.39 is 5.97 Å². The number of carbonyl (C=O) groups is 3. The van der Waals surface area contributed by atoms with Crippen LogP contribution in [0, 0.1) is 0 Å². The minimum Gasteiger partial charge on any atom is -0.481 e. The molecule has 7 heteroatoms. The third kappa shape index (κ3) is 3.88. The Morgan fingerprint density at radius 1 is 1.35 bits per heavy atom. The quantitative estimate of drug-likeness (QED) is 0.811. The number of carboxylic acids is 1. The molecule has 20 heavy (non-hydrogen) atoms. The maximum atomic E-state index is 12.3. The number of piperidine rings is 1. The van der Waals surface area contributed by atoms with Gasteiger partial charge in [-0.2, -0.15) is 0 Å². The smallest absolute Gasteiger partial charge is 0.303 e. The predicted octanol–water partition coefficient (Wildman–Crippen LogP) is 0.765. The lowest BCUT2D eigenvalue weighted by Crippen LogP contribution is -2.48. The van der Waals surface area contributed by atoms with Crippen LogP contribution in [0.1, 0.15) is 32.1 Å². The highest BCUT2D eigenvalue weighted by Crippen LogP contribution is 2.22. The molecule has 1 atom stereocenters. The van der Waals surface area contributed by atoms with Crippen molar-refractivity contribution in [2.75, 3.05) is 24.7 Å². The van der Waals surface area contributed by atoms with Gasteiger partial charge in [-0.1, -0.05) is 0 Å². The Morgan fingerprint density at radius 3 is 2.80 bits per heavy atom. The summed E-state index contributed by atoms with van der Waals surface area (Å²) in [6, 6.07) is 0.0118. The van der Waals surface area contributed by atoms with Gasteiger partial charge in [0.05, 0.1) is 11.6 Å². The standard InChI is InChI=1S/C13H20N2O4S/c16-11(7-14-9-20-8-12(14)17)15-6-2-1-3-10(15)4-5-13(18)19/h10H,1-9H2,(H,18,19)/t10-/m1/s1. The maximum Gasteiger partial charge on any atom is 0.303 e. The molecule has 0 bridgehead atoms. The van der Waals surface area contributed by atoms with Crippen LogP contribution in [0.3, 0.4) is 0 Å². The minimum atomic E-state index is -0.825. The molecule has 2 aliphatic rings. The summed E-state index contributed by atoms with van der Waals surface area (Å²) < 4.78 is 0. The van der Waals surface area contributed by atoms with Crippen LogP contribution in [-0.4, -0.2) is 63.5 Å². The van der Waals surface area contributed by atoms with Crippen LogP contribution in [0.25, 0.3) is 0 Å². The lowest BCUT2D eigenvalue weighted by atomic mass is 9.98. The zero-order chi connectivity index (χ0) is 14.5. The summed E-state index contributed by atoms with van der Waals surface area (Å²) in [6.07, 6.45) is 3.45. The molecule has 0 aliphatic carbocycles. The van der Waals surface area contributed by atoms with E-state index in [0.29, 0.717) is 24.6 Å². The van der Waals surface area contributed by atoms with Gasteiger partial charge in [0.1, 0.15) is 6.54 Å². The van der Waals surface area contributed by atoms with Gasteiger partial charge in [-0.15, -0.1) is 11.8 Å². The van der Waals surface area contributed by atoms with Crippen LogP contribution < -0.4 is 0 Å². The zero-order valence-electron chi connectivity index (χ0n) is 11.4. The Kier molecular flexibility index (Phi) is 5.28. The van der Waals surface area contributed by atoms with E-state index in [0.717, 1.165) is 19.3 Å². The van der Waals surface area contributed by atoms with Crippen molar-refractivity contribution in [2.45, 2.75) is 38.1 Å². The number of aliphatic carboxylic acids is 1. The van der Waals surface area contributed by atoms with E-state index in [4.69, 9.17) is 5.11 Å². The molecule has 0 unspecified atom stereocenters. The van der Waals surface area contributed by atoms with E-state index in [1.165, 1.54) is 11.8 Å². The lowest BCUT2D eigenvalue weighted by molar-refractivity contribution is -0.142. The van der Waals surface area contributed by atoms with Gasteiger partial charge in [-0.3, -0.25) is 14.4 Å². The molecule has 2 rings (SSSR count). The number of hydrogen-bond donors (Lipinski definition) is 1. The molecule has 0 aromatic heterocycles. The first-order chi connectivity index (χ1) is 9.58. The van der Waals surface area contributed by atoms with Crippen molar-refractivity contribution >= 4 is 29.5 Å². The molecule has 2 amide bonds. The van der Waals surface area contributed by atoms with E-state index in [-0.39, 0.29) is 30.8 Å². The number of rotatable bonds is 5. The van der Waals surface area contributed by atoms with Crippen molar-refractivity contribution in [2.24, 2.45) is 0 Å². The molecule has 112 valence electrons. The number of amides is 2. The Balaban J connectivity index is 1.90. The van der Waals surface area contributed by atoms with Gasteiger partial charge < -0.3 is 14.9 Å². The fraction of sp³-hybridized carbons (Fsp3) is 0.769. The van der Waals surface area contributed by atoms with Gasteiger partial charge in [-0.25, -0.2) is 0 Å². The number of nitrogens with zero attached hydrogens (tertiary/aromatic N) is 2. The first-order valence-electron chi connectivity index (χ1n) is 6.94. The topological polar surface area (TPSA) is 77.9 Å². The molecule has 1 N–H and O–H groups in total. The maximum absolute atomic E-state index is 12.3. The predicted molar refractivity (Wildman–Crippen MR) is 75.3 cm³/mol. The van der Waals surface area contributed by atoms with Crippen molar-refractivity contribution in [1.82, 2.24) is 9.80 Å². The third-order valence-corrected chi connectivity index (χ3v) is 4.74. The molecule has 0 aromatic rings. The summed E-state index contributed by atoms with van der Waals surface area (Å²) in [7, 11) is 0. The van der Waals surface area contributed by atoms with E-state index in [1.54, 1.807) is 9.80 Å². The van der Waals surface area contributed by atoms with E-state index in [9.17, 15) is 14.4 Å². The van der Waals surface area contributed by atoms with Crippen LogP contribution in [0.15, 0.2) is 0 Å². The number of carboxylic acid groups (broad SMARTS) is 1. The Labute approximate surface area is 122 Å². The first kappa shape index (κ1) is 15.2. The van der Waals surface area contributed by atoms with Gasteiger partial charge in [-0.05, 0) is 25.7 Å². The van der Waals surface area contributed by atoms with Crippen LogP contribution in [0.4, 0.5) is 0 Å². The molecule has 0 spiro atoms. The second-order valence-corrected chi connectivity index (χ2v) is 6.19. The van der Waals surface area contributed by atoms with Crippen molar-refractivity contribution in [3.8, 4) is 0 Å². The zero-order valence-corrected chi connectivity index (χ0v) is 12.2. The molecule has 2 saturated heterocycles. The largest absolute Gasteiger partial charge is 0.481 e. The summed E-state index contributed by atoms with van der Waals surface area (Å²) in [5.74, 6) is 0.181. The highest BCUT2D eigenvalue weighted by molar-refractivity contribution is 8.00. The second kappa shape index (κ2) is 6.97. The number of likely N-dealkylation sites (tertiary alicyclic amines) is 1. The highest BCUT2D eigenvalue weighted by atomic mass is 32.2. The Morgan fingerprint density at radius 2 is 2.15 bits per heavy atom. The molecule has 0 saturated carbocycles. The molecule has 6 nitrogen and oxygen atoms in total. The molecule has 2 aliphatic heterocycles. The fourth-order valence-corrected chi connectivity index (χ4v) is 3.62. The average molecular weight is 300 g/mol. The lowest BCUT2D eigenvalue weighted by Gasteiger charge is -2.36. The summed E-state index contributed by atoms with van der Waals surface area (Å²) in [6.45, 7) is 0.813. The normalized spacial score (nSPS) is 23.2. The van der Waals surface area contributed by atoms with E-state index in [2.05, 4.69) is 0 Å². The van der Waals surface area contributed by atoms with Crippen LogP contribution in [-0.2, 0) is 14.4 Å². The van der Waals surface area contributed by atoms with Gasteiger partial charge in [0.15, 0.2) is 0 Å². The molecule has 0 radical (unpaired) electrons. The van der Waals surface area contributed by atoms with Gasteiger partial charge in [0, 0.05) is 19.0 Å². The summed E-state index contributed by atoms with van der Waals surface area (Å²) in [5.41, 5.74) is 0. The molecule has 0 aromatic carbocycles. The van der Waals surface area contributed by atoms with Gasteiger partial charge >= 0.3 is 5.97 Å². The van der Waals surface area contributed by atoms with Crippen molar-refractivity contribution in [1.29, 1.82) is 0 Å². The minimum absolute atomic E-state index is 0.0118. The van der Waals surface area contributed by atoms with Crippen LogP contribution in [0.5, 0.6) is 0 Å². The fourth-order valence-electron chi connectivity index (χ4n) is 2.71.